The van der Waals surface area contributed by atoms with Gasteiger partial charge >= 0.3 is 0 Å². The lowest BCUT2D eigenvalue weighted by Crippen LogP contribution is -1.95. The van der Waals surface area contributed by atoms with Crippen LogP contribution >= 0.6 is 0 Å². The summed E-state index contributed by atoms with van der Waals surface area (Å²) >= 11 is 0. The lowest BCUT2D eigenvalue weighted by molar-refractivity contribution is 0.666. The monoisotopic (exact) mass is 639 g/mol. The molecular formula is C44H25N5O. The van der Waals surface area contributed by atoms with Gasteiger partial charge < -0.3 is 13.6 Å². The van der Waals surface area contributed by atoms with E-state index < -0.39 is 0 Å². The van der Waals surface area contributed by atoms with Gasteiger partial charge in [-0.1, -0.05) is 66.7 Å². The molecule has 0 radical (unpaired) electrons. The first-order valence-corrected chi connectivity index (χ1v) is 16.6. The zero-order valence-electron chi connectivity index (χ0n) is 26.6. The number of imidazole rings is 1. The van der Waals surface area contributed by atoms with Crippen molar-refractivity contribution in [1.82, 2.24) is 18.7 Å². The first kappa shape index (κ1) is 26.9. The zero-order chi connectivity index (χ0) is 32.9. The quantitative estimate of drug-likeness (QED) is 0.181. The fourth-order valence-electron chi connectivity index (χ4n) is 7.93. The smallest absolute Gasteiger partial charge is 0.188 e. The summed E-state index contributed by atoms with van der Waals surface area (Å²) < 4.78 is 13.4. The highest BCUT2D eigenvalue weighted by atomic mass is 16.3. The summed E-state index contributed by atoms with van der Waals surface area (Å²) in [5, 5.41) is 6.66. The molecule has 11 rings (SSSR count). The van der Waals surface area contributed by atoms with Crippen LogP contribution in [0.25, 0.3) is 98.5 Å². The van der Waals surface area contributed by atoms with E-state index in [9.17, 15) is 0 Å². The molecule has 0 fully saturated rings. The van der Waals surface area contributed by atoms with Gasteiger partial charge in [-0.25, -0.2) is 9.83 Å². The van der Waals surface area contributed by atoms with Crippen LogP contribution in [0.15, 0.2) is 156 Å². The molecular weight excluding hydrogens is 615 g/mol. The average molecular weight is 640 g/mol. The van der Waals surface area contributed by atoms with Crippen LogP contribution in [0.2, 0.25) is 0 Å². The van der Waals surface area contributed by atoms with Crippen molar-refractivity contribution in [3.05, 3.63) is 163 Å². The Morgan fingerprint density at radius 1 is 0.500 bits per heavy atom. The summed E-state index contributed by atoms with van der Waals surface area (Å²) in [6, 6.07) is 50.6. The maximum atomic E-state index is 7.75. The molecule has 0 unspecified atom stereocenters. The maximum Gasteiger partial charge on any atom is 0.188 e. The Morgan fingerprint density at radius 2 is 1.14 bits per heavy atom. The summed E-state index contributed by atoms with van der Waals surface area (Å²) in [5.41, 5.74) is 11.8. The molecule has 4 aromatic heterocycles. The highest BCUT2D eigenvalue weighted by Gasteiger charge is 2.19. The summed E-state index contributed by atoms with van der Waals surface area (Å²) in [6.45, 7) is 7.75. The number of fused-ring (bicyclic) bond motifs is 10. The van der Waals surface area contributed by atoms with E-state index in [1.165, 1.54) is 10.8 Å². The summed E-state index contributed by atoms with van der Waals surface area (Å²) in [4.78, 5) is 8.40. The second-order valence-corrected chi connectivity index (χ2v) is 12.8. The number of rotatable bonds is 3. The van der Waals surface area contributed by atoms with Crippen LogP contribution in [0.3, 0.4) is 0 Å². The van der Waals surface area contributed by atoms with Gasteiger partial charge in [0.2, 0.25) is 0 Å². The SMILES string of the molecule is [C-]#[N+]c1ccc2c(c1)c1cc(-n3cnc4ccccc43)ccc1n2-c1ccc2oc3c(-n4c5ccccc5c5ccccc54)cccc3c2c1. The van der Waals surface area contributed by atoms with Crippen LogP contribution in [-0.2, 0) is 0 Å². The van der Waals surface area contributed by atoms with Crippen molar-refractivity contribution in [2.24, 2.45) is 0 Å². The van der Waals surface area contributed by atoms with Crippen LogP contribution < -0.4 is 0 Å². The van der Waals surface area contributed by atoms with E-state index in [0.29, 0.717) is 5.69 Å². The molecule has 0 aliphatic heterocycles. The highest BCUT2D eigenvalue weighted by molar-refractivity contribution is 6.14. The van der Waals surface area contributed by atoms with E-state index in [0.717, 1.165) is 82.9 Å². The van der Waals surface area contributed by atoms with Crippen molar-refractivity contribution in [2.45, 2.75) is 0 Å². The molecule has 0 saturated carbocycles. The molecule has 232 valence electrons. The summed E-state index contributed by atoms with van der Waals surface area (Å²) in [7, 11) is 0. The van der Waals surface area contributed by atoms with Crippen LogP contribution in [0.1, 0.15) is 0 Å². The first-order chi connectivity index (χ1) is 24.7. The van der Waals surface area contributed by atoms with Crippen molar-refractivity contribution >= 4 is 82.3 Å². The van der Waals surface area contributed by atoms with Crippen molar-refractivity contribution in [2.75, 3.05) is 0 Å². The van der Waals surface area contributed by atoms with E-state index in [2.05, 4.69) is 139 Å². The number of aromatic nitrogens is 4. The molecule has 0 N–H and O–H groups in total. The summed E-state index contributed by atoms with van der Waals surface area (Å²) in [5.74, 6) is 0. The van der Waals surface area contributed by atoms with Gasteiger partial charge in [0.25, 0.3) is 0 Å². The van der Waals surface area contributed by atoms with E-state index in [1.807, 2.05) is 36.7 Å². The van der Waals surface area contributed by atoms with Crippen molar-refractivity contribution < 1.29 is 4.42 Å². The summed E-state index contributed by atoms with van der Waals surface area (Å²) in [6.07, 6.45) is 1.88. The molecule has 4 heterocycles. The number of furan rings is 1. The molecule has 0 aliphatic carbocycles. The van der Waals surface area contributed by atoms with E-state index in [1.54, 1.807) is 0 Å². The minimum atomic E-state index is 0.615. The molecule has 0 saturated heterocycles. The number of hydrogen-bond acceptors (Lipinski definition) is 2. The van der Waals surface area contributed by atoms with Gasteiger partial charge in [0.15, 0.2) is 11.3 Å². The third-order valence-electron chi connectivity index (χ3n) is 10.1. The topological polar surface area (TPSA) is 45.2 Å². The molecule has 0 atom stereocenters. The predicted molar refractivity (Wildman–Crippen MR) is 203 cm³/mol. The van der Waals surface area contributed by atoms with Crippen molar-refractivity contribution in [1.29, 1.82) is 0 Å². The number of para-hydroxylation sites is 5. The van der Waals surface area contributed by atoms with Crippen molar-refractivity contribution in [3.63, 3.8) is 0 Å². The Morgan fingerprint density at radius 3 is 1.94 bits per heavy atom. The minimum Gasteiger partial charge on any atom is -0.454 e. The minimum absolute atomic E-state index is 0.615. The van der Waals surface area contributed by atoms with E-state index in [4.69, 9.17) is 11.0 Å². The van der Waals surface area contributed by atoms with E-state index >= 15 is 0 Å². The van der Waals surface area contributed by atoms with Crippen molar-refractivity contribution in [3.8, 4) is 17.1 Å². The zero-order valence-corrected chi connectivity index (χ0v) is 26.6. The molecule has 50 heavy (non-hydrogen) atoms. The van der Waals surface area contributed by atoms with Gasteiger partial charge in [0.05, 0.1) is 45.4 Å². The maximum absolute atomic E-state index is 7.75. The molecule has 0 amide bonds. The van der Waals surface area contributed by atoms with Gasteiger partial charge in [0, 0.05) is 38.3 Å². The van der Waals surface area contributed by atoms with Crippen LogP contribution in [-0.4, -0.2) is 18.7 Å². The van der Waals surface area contributed by atoms with Gasteiger partial charge in [0.1, 0.15) is 11.9 Å². The molecule has 11 aromatic rings. The second kappa shape index (κ2) is 9.96. The Bertz CT molecular complexity index is 3180. The number of benzene rings is 7. The average Bonchev–Trinajstić information content (AvgIpc) is 3.93. The molecule has 0 aliphatic rings. The highest BCUT2D eigenvalue weighted by Crippen LogP contribution is 2.40. The first-order valence-electron chi connectivity index (χ1n) is 16.6. The van der Waals surface area contributed by atoms with Crippen LogP contribution in [0, 0.1) is 6.57 Å². The van der Waals surface area contributed by atoms with Gasteiger partial charge in [-0.15, -0.1) is 0 Å². The number of nitrogens with zero attached hydrogens (tertiary/aromatic N) is 5. The third kappa shape index (κ3) is 3.63. The van der Waals surface area contributed by atoms with Gasteiger partial charge in [-0.2, -0.15) is 0 Å². The second-order valence-electron chi connectivity index (χ2n) is 12.8. The standard InChI is InChI=1S/C44H25N5O/c1-45-27-17-20-39-33(23-27)34-24-28(47-26-46-36-12-4-7-15-41(36)47)18-21-40(34)48(39)29-19-22-43-35(25-29)32-11-8-16-42(44(32)50-43)49-37-13-5-2-9-30(37)31-10-3-6-14-38(31)49/h2-26H. The molecule has 6 heteroatoms. The van der Waals surface area contributed by atoms with E-state index in [-0.39, 0.29) is 0 Å². The van der Waals surface area contributed by atoms with Gasteiger partial charge in [-0.3, -0.25) is 4.57 Å². The molecule has 7 aromatic carbocycles. The largest absolute Gasteiger partial charge is 0.454 e. The Hall–Kier alpha value is -7.10. The molecule has 0 spiro atoms. The number of hydrogen-bond donors (Lipinski definition) is 0. The Labute approximate surface area is 285 Å². The molecule has 6 nitrogen and oxygen atoms in total. The lowest BCUT2D eigenvalue weighted by Gasteiger charge is -2.09. The normalized spacial score (nSPS) is 12.0. The Kier molecular flexibility index (Phi) is 5.36. The third-order valence-corrected chi connectivity index (χ3v) is 10.1. The fourth-order valence-corrected chi connectivity index (χ4v) is 7.93. The predicted octanol–water partition coefficient (Wildman–Crippen LogP) is 11.7. The fraction of sp³-hybridized carbons (Fsp3) is 0. The van der Waals surface area contributed by atoms with Crippen LogP contribution in [0.4, 0.5) is 5.69 Å². The Balaban J connectivity index is 1.14. The van der Waals surface area contributed by atoms with Gasteiger partial charge in [-0.05, 0) is 84.2 Å². The lowest BCUT2D eigenvalue weighted by atomic mass is 10.1. The molecule has 0 bridgehead atoms. The van der Waals surface area contributed by atoms with Crippen LogP contribution in [0.5, 0.6) is 0 Å².